The minimum Gasteiger partial charge on any atom is -0.341 e. The van der Waals surface area contributed by atoms with Crippen LogP contribution in [0.4, 0.5) is 19.0 Å². The lowest BCUT2D eigenvalue weighted by Crippen LogP contribution is -2.20. The monoisotopic (exact) mass is 425 g/mol. The van der Waals surface area contributed by atoms with Gasteiger partial charge in [-0.1, -0.05) is 37.3 Å². The fourth-order valence-corrected chi connectivity index (χ4v) is 3.69. The average molecular weight is 425 g/mol. The van der Waals surface area contributed by atoms with Crippen LogP contribution in [0.5, 0.6) is 0 Å². The van der Waals surface area contributed by atoms with Gasteiger partial charge in [-0.25, -0.2) is 4.98 Å². The predicted molar refractivity (Wildman–Crippen MR) is 118 cm³/mol. The quantitative estimate of drug-likeness (QED) is 0.656. The molecule has 1 N–H and O–H groups in total. The molecule has 0 aliphatic heterocycles. The van der Waals surface area contributed by atoms with E-state index in [0.717, 1.165) is 24.6 Å². The molecule has 0 fully saturated rings. The molecular formula is C24H22F3N3O. The molecule has 0 spiro atoms. The maximum Gasteiger partial charge on any atom is 0.417 e. The summed E-state index contributed by atoms with van der Waals surface area (Å²) in [7, 11) is 0. The van der Waals surface area contributed by atoms with Crippen molar-refractivity contribution >= 4 is 22.5 Å². The highest BCUT2D eigenvalue weighted by Crippen LogP contribution is 2.35. The third kappa shape index (κ3) is 4.26. The number of nitrogens with zero attached hydrogens (tertiary/aromatic N) is 2. The van der Waals surface area contributed by atoms with Crippen LogP contribution in [0.15, 0.2) is 71.2 Å². The van der Waals surface area contributed by atoms with Gasteiger partial charge in [0.15, 0.2) is 11.1 Å². The largest absolute Gasteiger partial charge is 0.417 e. The third-order valence-electron chi connectivity index (χ3n) is 5.18. The van der Waals surface area contributed by atoms with Gasteiger partial charge < -0.3 is 5.32 Å². The average Bonchev–Trinajstić information content (AvgIpc) is 3.02. The highest BCUT2D eigenvalue weighted by Gasteiger charge is 2.35. The molecule has 0 saturated heterocycles. The van der Waals surface area contributed by atoms with Gasteiger partial charge in [-0.2, -0.15) is 13.2 Å². The number of hydrogen-bond donors (Lipinski definition) is 1. The van der Waals surface area contributed by atoms with Crippen molar-refractivity contribution in [2.24, 2.45) is 0 Å². The SMILES string of the molecule is CCc1cc(C(F)(F)F)c2c(=O)cc(NC3=CCCC=C3)n(C3=CC=CCC=C3)c2n1. The molecular weight excluding hydrogens is 403 g/mol. The molecule has 160 valence electrons. The molecule has 0 saturated carbocycles. The second kappa shape index (κ2) is 8.41. The van der Waals surface area contributed by atoms with Crippen molar-refractivity contribution in [2.75, 3.05) is 5.32 Å². The number of allylic oxidation sites excluding steroid dienone is 9. The molecule has 2 aromatic heterocycles. The first-order valence-corrected chi connectivity index (χ1v) is 10.2. The van der Waals surface area contributed by atoms with Crippen LogP contribution in [-0.2, 0) is 12.6 Å². The second-order valence-electron chi connectivity index (χ2n) is 7.36. The summed E-state index contributed by atoms with van der Waals surface area (Å²) in [5, 5.41) is 2.79. The first-order valence-electron chi connectivity index (χ1n) is 10.2. The van der Waals surface area contributed by atoms with E-state index in [2.05, 4.69) is 10.3 Å². The number of aryl methyl sites for hydroxylation is 1. The van der Waals surface area contributed by atoms with Crippen LogP contribution < -0.4 is 10.7 Å². The van der Waals surface area contributed by atoms with Crippen LogP contribution in [-0.4, -0.2) is 9.55 Å². The van der Waals surface area contributed by atoms with Crippen LogP contribution in [0.3, 0.4) is 0 Å². The lowest BCUT2D eigenvalue weighted by molar-refractivity contribution is -0.136. The summed E-state index contributed by atoms with van der Waals surface area (Å²) in [4.78, 5) is 17.4. The van der Waals surface area contributed by atoms with Crippen molar-refractivity contribution in [3.8, 4) is 0 Å². The summed E-state index contributed by atoms with van der Waals surface area (Å²) in [6, 6.07) is 2.20. The third-order valence-corrected chi connectivity index (χ3v) is 5.18. The van der Waals surface area contributed by atoms with E-state index in [9.17, 15) is 18.0 Å². The van der Waals surface area contributed by atoms with Gasteiger partial charge >= 0.3 is 6.18 Å². The van der Waals surface area contributed by atoms with Crippen LogP contribution >= 0.6 is 0 Å². The van der Waals surface area contributed by atoms with E-state index >= 15 is 0 Å². The maximum atomic E-state index is 13.9. The highest BCUT2D eigenvalue weighted by molar-refractivity contribution is 5.87. The number of anilines is 1. The van der Waals surface area contributed by atoms with E-state index in [4.69, 9.17) is 0 Å². The Kier molecular flexibility index (Phi) is 5.67. The molecule has 2 aromatic rings. The smallest absolute Gasteiger partial charge is 0.341 e. The molecule has 0 amide bonds. The molecule has 7 heteroatoms. The highest BCUT2D eigenvalue weighted by atomic mass is 19.4. The molecule has 31 heavy (non-hydrogen) atoms. The van der Waals surface area contributed by atoms with Crippen LogP contribution in [0.1, 0.15) is 37.4 Å². The number of halogens is 3. The van der Waals surface area contributed by atoms with E-state index in [-0.39, 0.29) is 11.3 Å². The molecule has 2 aliphatic rings. The Morgan fingerprint density at radius 1 is 1.13 bits per heavy atom. The van der Waals surface area contributed by atoms with Crippen molar-refractivity contribution in [3.05, 3.63) is 87.9 Å². The summed E-state index contributed by atoms with van der Waals surface area (Å²) < 4.78 is 43.2. The molecule has 4 nitrogen and oxygen atoms in total. The van der Waals surface area contributed by atoms with E-state index < -0.39 is 22.6 Å². The fourth-order valence-electron chi connectivity index (χ4n) is 3.69. The zero-order chi connectivity index (χ0) is 22.0. The van der Waals surface area contributed by atoms with Crippen molar-refractivity contribution in [1.29, 1.82) is 0 Å². The normalized spacial score (nSPS) is 16.3. The minimum absolute atomic E-state index is 0.00624. The molecule has 0 bridgehead atoms. The van der Waals surface area contributed by atoms with Gasteiger partial charge in [-0.05, 0) is 50.0 Å². The minimum atomic E-state index is -4.67. The van der Waals surface area contributed by atoms with Gasteiger partial charge in [0.25, 0.3) is 0 Å². The number of alkyl halides is 3. The summed E-state index contributed by atoms with van der Waals surface area (Å²) in [6.07, 6.45) is 13.4. The van der Waals surface area contributed by atoms with E-state index in [1.165, 1.54) is 6.07 Å². The van der Waals surface area contributed by atoms with Gasteiger partial charge in [0.05, 0.1) is 10.9 Å². The molecule has 0 unspecified atom stereocenters. The Labute approximate surface area is 177 Å². The zero-order valence-corrected chi connectivity index (χ0v) is 17.0. The summed E-state index contributed by atoms with van der Waals surface area (Å²) in [5.74, 6) is 0.371. The Bertz CT molecular complexity index is 1230. The van der Waals surface area contributed by atoms with Gasteiger partial charge in [-0.15, -0.1) is 0 Å². The number of pyridine rings is 2. The van der Waals surface area contributed by atoms with Crippen LogP contribution in [0, 0.1) is 0 Å². The Hall–Kier alpha value is -3.35. The Balaban J connectivity index is 2.08. The van der Waals surface area contributed by atoms with Crippen LogP contribution in [0.2, 0.25) is 0 Å². The summed E-state index contributed by atoms with van der Waals surface area (Å²) in [6.45, 7) is 1.74. The zero-order valence-electron chi connectivity index (χ0n) is 17.0. The van der Waals surface area contributed by atoms with Gasteiger partial charge in [0, 0.05) is 23.2 Å². The fraction of sp³-hybridized carbons (Fsp3) is 0.250. The van der Waals surface area contributed by atoms with Crippen LogP contribution in [0.25, 0.3) is 16.7 Å². The lowest BCUT2D eigenvalue weighted by Gasteiger charge is -2.21. The standard InChI is InChI=1S/C24H22F3N3O/c1-2-16-14-19(24(25,26)27)22-20(31)15-21(28-17-10-6-5-7-11-17)30(23(22)29-16)18-12-8-3-4-9-13-18/h3,6,8-15,28H,2,4-5,7H2,1H3. The van der Waals surface area contributed by atoms with Crippen molar-refractivity contribution in [1.82, 2.24) is 9.55 Å². The van der Waals surface area contributed by atoms with Crippen molar-refractivity contribution in [2.45, 2.75) is 38.8 Å². The summed E-state index contributed by atoms with van der Waals surface area (Å²) in [5.41, 5.74) is 0.00476. The topological polar surface area (TPSA) is 46.9 Å². The second-order valence-corrected chi connectivity index (χ2v) is 7.36. The molecule has 4 rings (SSSR count). The first-order chi connectivity index (χ1) is 14.9. The van der Waals surface area contributed by atoms with E-state index in [0.29, 0.717) is 24.4 Å². The first kappa shape index (κ1) is 20.9. The van der Waals surface area contributed by atoms with E-state index in [1.807, 2.05) is 42.5 Å². The summed E-state index contributed by atoms with van der Waals surface area (Å²) >= 11 is 0. The predicted octanol–water partition coefficient (Wildman–Crippen LogP) is 5.98. The lowest BCUT2D eigenvalue weighted by atomic mass is 10.1. The Morgan fingerprint density at radius 2 is 1.97 bits per heavy atom. The molecule has 0 atom stereocenters. The number of nitrogens with one attached hydrogen (secondary N) is 1. The maximum absolute atomic E-state index is 13.9. The van der Waals surface area contributed by atoms with Gasteiger partial charge in [-0.3, -0.25) is 9.36 Å². The number of hydrogen-bond acceptors (Lipinski definition) is 3. The van der Waals surface area contributed by atoms with Crippen molar-refractivity contribution in [3.63, 3.8) is 0 Å². The van der Waals surface area contributed by atoms with E-state index in [1.54, 1.807) is 17.6 Å². The van der Waals surface area contributed by atoms with Gasteiger partial charge in [0.1, 0.15) is 5.82 Å². The van der Waals surface area contributed by atoms with Gasteiger partial charge in [0.2, 0.25) is 0 Å². The molecule has 2 heterocycles. The molecule has 2 aliphatic carbocycles. The van der Waals surface area contributed by atoms with Crippen molar-refractivity contribution < 1.29 is 13.2 Å². The Morgan fingerprint density at radius 3 is 2.68 bits per heavy atom. The molecule has 0 aromatic carbocycles. The number of aromatic nitrogens is 2. The molecule has 0 radical (unpaired) electrons. The number of fused-ring (bicyclic) bond motifs is 1. The number of rotatable bonds is 4.